The van der Waals surface area contributed by atoms with Gasteiger partial charge in [0.1, 0.15) is 6.04 Å². The van der Waals surface area contributed by atoms with Crippen LogP contribution in [0.15, 0.2) is 18.2 Å². The number of hydrogen-bond acceptors (Lipinski definition) is 6. The highest BCUT2D eigenvalue weighted by Gasteiger charge is 2.36. The van der Waals surface area contributed by atoms with Crippen molar-refractivity contribution in [2.45, 2.75) is 38.8 Å². The van der Waals surface area contributed by atoms with Gasteiger partial charge in [-0.25, -0.2) is 9.59 Å². The molecule has 0 unspecified atom stereocenters. The minimum absolute atomic E-state index is 0.0913. The van der Waals surface area contributed by atoms with Crippen molar-refractivity contribution in [3.8, 4) is 0 Å². The maximum absolute atomic E-state index is 12.5. The average Bonchev–Trinajstić information content (AvgIpc) is 3.08. The molecule has 0 radical (unpaired) electrons. The van der Waals surface area contributed by atoms with Crippen LogP contribution in [-0.2, 0) is 14.3 Å². The van der Waals surface area contributed by atoms with Crippen LogP contribution in [0.1, 0.15) is 37.0 Å². The van der Waals surface area contributed by atoms with Crippen LogP contribution in [0.5, 0.6) is 0 Å². The van der Waals surface area contributed by atoms with Crippen LogP contribution in [0, 0.1) is 5.92 Å². The van der Waals surface area contributed by atoms with Crippen molar-refractivity contribution in [1.82, 2.24) is 5.32 Å². The molecular formula is C18H22N4O5. The quantitative estimate of drug-likeness (QED) is 0.674. The number of nitrogens with zero attached hydrogens (tertiary/aromatic N) is 1. The summed E-state index contributed by atoms with van der Waals surface area (Å²) >= 11 is 0. The average molecular weight is 374 g/mol. The van der Waals surface area contributed by atoms with Crippen molar-refractivity contribution in [2.75, 3.05) is 16.8 Å². The van der Waals surface area contributed by atoms with E-state index >= 15 is 0 Å². The van der Waals surface area contributed by atoms with Crippen molar-refractivity contribution < 1.29 is 23.9 Å². The van der Waals surface area contributed by atoms with Gasteiger partial charge < -0.3 is 20.7 Å². The van der Waals surface area contributed by atoms with Crippen molar-refractivity contribution >= 4 is 35.2 Å². The maximum atomic E-state index is 12.5. The summed E-state index contributed by atoms with van der Waals surface area (Å²) in [4.78, 5) is 49.6. The number of carbonyl (C=O) groups excluding carboxylic acids is 4. The van der Waals surface area contributed by atoms with Gasteiger partial charge in [0, 0.05) is 6.54 Å². The van der Waals surface area contributed by atoms with Gasteiger partial charge in [-0.3, -0.25) is 14.9 Å². The number of primary amides is 1. The first-order chi connectivity index (χ1) is 12.8. The van der Waals surface area contributed by atoms with Crippen LogP contribution in [0.4, 0.5) is 16.2 Å². The van der Waals surface area contributed by atoms with Gasteiger partial charge >= 0.3 is 12.0 Å². The Labute approximate surface area is 156 Å². The summed E-state index contributed by atoms with van der Waals surface area (Å²) in [5.41, 5.74) is 6.55. The molecule has 0 bridgehead atoms. The predicted octanol–water partition coefficient (Wildman–Crippen LogP) is 0.984. The molecule has 9 heteroatoms. The number of ether oxygens (including phenoxy) is 1. The van der Waals surface area contributed by atoms with E-state index in [2.05, 4.69) is 5.32 Å². The molecule has 2 atom stereocenters. The van der Waals surface area contributed by atoms with E-state index < -0.39 is 24.0 Å². The topological polar surface area (TPSA) is 131 Å². The molecule has 1 saturated heterocycles. The first kappa shape index (κ1) is 18.7. The highest BCUT2D eigenvalue weighted by Crippen LogP contribution is 2.37. The van der Waals surface area contributed by atoms with Crippen LogP contribution in [0.25, 0.3) is 0 Å². The molecule has 0 aliphatic carbocycles. The zero-order chi connectivity index (χ0) is 19.7. The molecule has 27 heavy (non-hydrogen) atoms. The largest absolute Gasteiger partial charge is 0.448 e. The third-order valence-electron chi connectivity index (χ3n) is 4.70. The lowest BCUT2D eigenvalue weighted by Gasteiger charge is -2.33. The number of nitrogens with two attached hydrogens (primary N) is 1. The Hall–Kier alpha value is -3.10. The van der Waals surface area contributed by atoms with Crippen molar-refractivity contribution in [2.24, 2.45) is 11.7 Å². The van der Waals surface area contributed by atoms with Crippen LogP contribution < -0.4 is 21.3 Å². The molecule has 4 amide bonds. The summed E-state index contributed by atoms with van der Waals surface area (Å²) in [5, 5.41) is 4.74. The number of rotatable bonds is 4. The highest BCUT2D eigenvalue weighted by molar-refractivity contribution is 6.06. The molecule has 0 spiro atoms. The number of urea groups is 1. The Bertz CT molecular complexity index is 807. The number of nitrogens with one attached hydrogen (secondary N) is 2. The van der Waals surface area contributed by atoms with Crippen LogP contribution in [-0.4, -0.2) is 42.5 Å². The fourth-order valence-electron chi connectivity index (χ4n) is 3.43. The van der Waals surface area contributed by atoms with Gasteiger partial charge in [0.05, 0.1) is 16.9 Å². The molecule has 1 aromatic carbocycles. The zero-order valence-corrected chi connectivity index (χ0v) is 15.2. The van der Waals surface area contributed by atoms with Gasteiger partial charge in [-0.05, 0) is 37.0 Å². The molecule has 144 valence electrons. The number of benzene rings is 1. The number of hydrogen-bond donors (Lipinski definition) is 3. The van der Waals surface area contributed by atoms with Crippen molar-refractivity contribution in [3.05, 3.63) is 23.8 Å². The van der Waals surface area contributed by atoms with E-state index in [0.717, 1.165) is 25.1 Å². The molecule has 2 aliphatic rings. The summed E-state index contributed by atoms with van der Waals surface area (Å²) < 4.78 is 5.28. The SMILES string of the molecule is CC(C)[C@@H](OC(=O)c1ccc2c(c1)NC(=O)[C@@H]1CCCN21)C(=O)NC(N)=O. The standard InChI is InChI=1S/C18H22N4O5/c1-9(2)14(16(24)21-18(19)26)27-17(25)10-5-6-12-11(8-10)20-15(23)13-4-3-7-22(12)13/h5-6,8-9,13-14H,3-4,7H2,1-2H3,(H,20,23)(H3,19,21,24,26)/t13-,14+/m0/s1. The van der Waals surface area contributed by atoms with E-state index in [0.29, 0.717) is 5.69 Å². The fourth-order valence-corrected chi connectivity index (χ4v) is 3.43. The Balaban J connectivity index is 1.79. The summed E-state index contributed by atoms with van der Waals surface area (Å²) in [6.45, 7) is 4.15. The molecular weight excluding hydrogens is 352 g/mol. The number of imide groups is 1. The fraction of sp³-hybridized carbons (Fsp3) is 0.444. The molecule has 9 nitrogen and oxygen atoms in total. The number of fused-ring (bicyclic) bond motifs is 3. The summed E-state index contributed by atoms with van der Waals surface area (Å²) in [6.07, 6.45) is 0.575. The minimum Gasteiger partial charge on any atom is -0.448 e. The first-order valence-corrected chi connectivity index (χ1v) is 8.80. The van der Waals surface area contributed by atoms with Crippen LogP contribution in [0.3, 0.4) is 0 Å². The lowest BCUT2D eigenvalue weighted by molar-refractivity contribution is -0.130. The van der Waals surface area contributed by atoms with Crippen LogP contribution >= 0.6 is 0 Å². The second-order valence-corrected chi connectivity index (χ2v) is 7.00. The Morgan fingerprint density at radius 2 is 2.07 bits per heavy atom. The molecule has 1 aromatic rings. The molecule has 3 rings (SSSR count). The summed E-state index contributed by atoms with van der Waals surface area (Å²) in [7, 11) is 0. The lowest BCUT2D eigenvalue weighted by atomic mass is 10.1. The monoisotopic (exact) mass is 374 g/mol. The smallest absolute Gasteiger partial charge is 0.338 e. The normalized spacial score (nSPS) is 19.0. The molecule has 2 aliphatic heterocycles. The van der Waals surface area contributed by atoms with E-state index in [1.807, 2.05) is 10.2 Å². The predicted molar refractivity (Wildman–Crippen MR) is 97.2 cm³/mol. The number of anilines is 2. The van der Waals surface area contributed by atoms with Gasteiger partial charge in [-0.15, -0.1) is 0 Å². The third-order valence-corrected chi connectivity index (χ3v) is 4.70. The Morgan fingerprint density at radius 1 is 1.33 bits per heavy atom. The van der Waals surface area contributed by atoms with E-state index in [1.54, 1.807) is 26.0 Å². The first-order valence-electron chi connectivity index (χ1n) is 8.80. The number of amides is 4. The van der Waals surface area contributed by atoms with Gasteiger partial charge in [0.15, 0.2) is 6.10 Å². The third kappa shape index (κ3) is 3.71. The molecule has 2 heterocycles. The zero-order valence-electron chi connectivity index (χ0n) is 15.2. The summed E-state index contributed by atoms with van der Waals surface area (Å²) in [5.74, 6) is -1.96. The van der Waals surface area contributed by atoms with E-state index in [4.69, 9.17) is 10.5 Å². The van der Waals surface area contributed by atoms with Gasteiger partial charge in [0.25, 0.3) is 5.91 Å². The van der Waals surface area contributed by atoms with Gasteiger partial charge in [0.2, 0.25) is 5.91 Å². The molecule has 1 fully saturated rings. The second kappa shape index (κ2) is 7.26. The lowest BCUT2D eigenvalue weighted by Crippen LogP contribution is -2.45. The Kier molecular flexibility index (Phi) is 5.02. The number of carbonyl (C=O) groups is 4. The summed E-state index contributed by atoms with van der Waals surface area (Å²) in [6, 6.07) is 3.71. The molecule has 0 saturated carbocycles. The molecule has 0 aromatic heterocycles. The Morgan fingerprint density at radius 3 is 2.74 bits per heavy atom. The number of esters is 1. The van der Waals surface area contributed by atoms with Crippen LogP contribution in [0.2, 0.25) is 0 Å². The second-order valence-electron chi connectivity index (χ2n) is 7.00. The molecule has 4 N–H and O–H groups in total. The highest BCUT2D eigenvalue weighted by atomic mass is 16.5. The van der Waals surface area contributed by atoms with E-state index in [1.165, 1.54) is 6.07 Å². The van der Waals surface area contributed by atoms with Crippen molar-refractivity contribution in [1.29, 1.82) is 0 Å². The van der Waals surface area contributed by atoms with Crippen molar-refractivity contribution in [3.63, 3.8) is 0 Å². The van der Waals surface area contributed by atoms with Gasteiger partial charge in [-0.2, -0.15) is 0 Å². The van der Waals surface area contributed by atoms with E-state index in [-0.39, 0.29) is 23.4 Å². The minimum atomic E-state index is -1.17. The maximum Gasteiger partial charge on any atom is 0.338 e. The van der Waals surface area contributed by atoms with Gasteiger partial charge in [-0.1, -0.05) is 13.8 Å². The van der Waals surface area contributed by atoms with E-state index in [9.17, 15) is 19.2 Å².